The third kappa shape index (κ3) is 2.31. The van der Waals surface area contributed by atoms with E-state index < -0.39 is 5.41 Å². The number of nitrogens with two attached hydrogens (primary N) is 1. The highest BCUT2D eigenvalue weighted by molar-refractivity contribution is 7.11. The summed E-state index contributed by atoms with van der Waals surface area (Å²) < 4.78 is 0. The van der Waals surface area contributed by atoms with Crippen molar-refractivity contribution in [3.63, 3.8) is 0 Å². The van der Waals surface area contributed by atoms with Crippen LogP contribution in [0.2, 0.25) is 0 Å². The Hall–Kier alpha value is -1.43. The van der Waals surface area contributed by atoms with E-state index in [2.05, 4.69) is 4.98 Å². The van der Waals surface area contributed by atoms with E-state index in [1.165, 1.54) is 11.3 Å². The highest BCUT2D eigenvalue weighted by Crippen LogP contribution is 2.30. The molecular weight excluding hydrogens is 238 g/mol. The van der Waals surface area contributed by atoms with E-state index in [4.69, 9.17) is 5.73 Å². The lowest BCUT2D eigenvalue weighted by molar-refractivity contribution is -0.129. The maximum atomic E-state index is 12.1. The van der Waals surface area contributed by atoms with Gasteiger partial charge in [0, 0.05) is 13.1 Å². The number of rotatable bonds is 2. The zero-order valence-corrected chi connectivity index (χ0v) is 10.5. The van der Waals surface area contributed by atoms with Crippen LogP contribution < -0.4 is 5.73 Å². The Morgan fingerprint density at radius 2 is 2.35 bits per heavy atom. The number of carbonyl (C=O) groups excluding carboxylic acids is 2. The van der Waals surface area contributed by atoms with Gasteiger partial charge in [0.1, 0.15) is 4.88 Å². The first-order chi connectivity index (χ1) is 8.03. The summed E-state index contributed by atoms with van der Waals surface area (Å²) in [5, 5.41) is 0. The first-order valence-corrected chi connectivity index (χ1v) is 6.38. The Morgan fingerprint density at radius 3 is 2.94 bits per heavy atom. The number of hydrogen-bond donors (Lipinski definition) is 1. The maximum absolute atomic E-state index is 12.1. The number of piperidine rings is 1. The van der Waals surface area contributed by atoms with Crippen molar-refractivity contribution < 1.29 is 9.59 Å². The van der Waals surface area contributed by atoms with Crippen molar-refractivity contribution in [1.29, 1.82) is 0 Å². The topological polar surface area (TPSA) is 76.3 Å². The molecule has 2 amide bonds. The highest BCUT2D eigenvalue weighted by atomic mass is 32.1. The lowest BCUT2D eigenvalue weighted by Crippen LogP contribution is -2.50. The predicted octanol–water partition coefficient (Wildman–Crippen LogP) is 0.871. The number of thiazole rings is 1. The fraction of sp³-hybridized carbons (Fsp3) is 0.545. The molecule has 1 saturated heterocycles. The summed E-state index contributed by atoms with van der Waals surface area (Å²) in [6, 6.07) is 0. The minimum atomic E-state index is -0.599. The molecule has 1 aromatic rings. The first kappa shape index (κ1) is 12.0. The molecule has 0 aromatic carbocycles. The summed E-state index contributed by atoms with van der Waals surface area (Å²) in [5.41, 5.74) is 6.43. The minimum Gasteiger partial charge on any atom is -0.369 e. The molecule has 1 atom stereocenters. The smallest absolute Gasteiger partial charge is 0.265 e. The van der Waals surface area contributed by atoms with E-state index in [1.54, 1.807) is 16.6 Å². The van der Waals surface area contributed by atoms with Gasteiger partial charge in [0.25, 0.3) is 5.91 Å². The summed E-state index contributed by atoms with van der Waals surface area (Å²) in [5.74, 6) is -0.390. The zero-order chi connectivity index (χ0) is 12.5. The molecule has 1 aliphatic heterocycles. The molecule has 2 heterocycles. The summed E-state index contributed by atoms with van der Waals surface area (Å²) in [7, 11) is 0. The van der Waals surface area contributed by atoms with Crippen molar-refractivity contribution in [2.45, 2.75) is 19.8 Å². The van der Waals surface area contributed by atoms with Crippen molar-refractivity contribution in [2.24, 2.45) is 11.1 Å². The van der Waals surface area contributed by atoms with Gasteiger partial charge >= 0.3 is 0 Å². The van der Waals surface area contributed by atoms with Crippen LogP contribution in [0.15, 0.2) is 11.7 Å². The number of likely N-dealkylation sites (tertiary alicyclic amines) is 1. The molecule has 0 spiro atoms. The van der Waals surface area contributed by atoms with Crippen LogP contribution in [0.5, 0.6) is 0 Å². The predicted molar refractivity (Wildman–Crippen MR) is 64.6 cm³/mol. The van der Waals surface area contributed by atoms with Gasteiger partial charge in [-0.25, -0.2) is 0 Å². The standard InChI is InChI=1S/C11H15N3O2S/c1-11(10(12)16)3-2-4-14(6-11)9(15)8-5-13-7-17-8/h5,7H,2-4,6H2,1H3,(H2,12,16). The monoisotopic (exact) mass is 253 g/mol. The quantitative estimate of drug-likeness (QED) is 0.849. The molecule has 1 aromatic heterocycles. The fourth-order valence-electron chi connectivity index (χ4n) is 2.09. The van der Waals surface area contributed by atoms with Crippen LogP contribution in [0.1, 0.15) is 29.4 Å². The fourth-order valence-corrected chi connectivity index (χ4v) is 2.68. The maximum Gasteiger partial charge on any atom is 0.265 e. The van der Waals surface area contributed by atoms with Gasteiger partial charge in [-0.1, -0.05) is 0 Å². The van der Waals surface area contributed by atoms with E-state index in [0.717, 1.165) is 12.8 Å². The molecule has 2 rings (SSSR count). The molecule has 17 heavy (non-hydrogen) atoms. The molecule has 1 fully saturated rings. The van der Waals surface area contributed by atoms with E-state index in [0.29, 0.717) is 18.0 Å². The Bertz CT molecular complexity index is 432. The van der Waals surface area contributed by atoms with Gasteiger partial charge in [0.15, 0.2) is 0 Å². The summed E-state index contributed by atoms with van der Waals surface area (Å²) in [6.45, 7) is 2.90. The number of amides is 2. The van der Waals surface area contributed by atoms with Gasteiger partial charge < -0.3 is 10.6 Å². The van der Waals surface area contributed by atoms with E-state index in [1.807, 2.05) is 6.92 Å². The van der Waals surface area contributed by atoms with E-state index in [9.17, 15) is 9.59 Å². The Labute approximate surface area is 104 Å². The largest absolute Gasteiger partial charge is 0.369 e. The Balaban J connectivity index is 2.13. The van der Waals surface area contributed by atoms with Crippen LogP contribution in [0.3, 0.4) is 0 Å². The third-order valence-corrected chi connectivity index (χ3v) is 3.98. The summed E-state index contributed by atoms with van der Waals surface area (Å²) >= 11 is 1.31. The average molecular weight is 253 g/mol. The molecule has 0 saturated carbocycles. The lowest BCUT2D eigenvalue weighted by Gasteiger charge is -2.38. The van der Waals surface area contributed by atoms with Crippen LogP contribution in [0, 0.1) is 5.41 Å². The average Bonchev–Trinajstić information content (AvgIpc) is 2.81. The zero-order valence-electron chi connectivity index (χ0n) is 9.68. The second-order valence-corrected chi connectivity index (χ2v) is 5.51. The van der Waals surface area contributed by atoms with Crippen molar-refractivity contribution in [3.8, 4) is 0 Å². The normalized spacial score (nSPS) is 24.6. The van der Waals surface area contributed by atoms with Crippen LogP contribution in [0.4, 0.5) is 0 Å². The van der Waals surface area contributed by atoms with Gasteiger partial charge in [0.05, 0.1) is 17.1 Å². The second-order valence-electron chi connectivity index (χ2n) is 4.62. The molecule has 0 bridgehead atoms. The van der Waals surface area contributed by atoms with Crippen LogP contribution in [-0.2, 0) is 4.79 Å². The lowest BCUT2D eigenvalue weighted by atomic mass is 9.81. The van der Waals surface area contributed by atoms with Crippen molar-refractivity contribution in [2.75, 3.05) is 13.1 Å². The van der Waals surface area contributed by atoms with Crippen molar-refractivity contribution in [3.05, 3.63) is 16.6 Å². The second kappa shape index (κ2) is 4.44. The van der Waals surface area contributed by atoms with Gasteiger partial charge in [-0.2, -0.15) is 0 Å². The van der Waals surface area contributed by atoms with Crippen LogP contribution in [-0.4, -0.2) is 34.8 Å². The summed E-state index contributed by atoms with van der Waals surface area (Å²) in [6.07, 6.45) is 3.11. The number of nitrogens with zero attached hydrogens (tertiary/aromatic N) is 2. The molecule has 6 heteroatoms. The van der Waals surface area contributed by atoms with E-state index in [-0.39, 0.29) is 11.8 Å². The molecule has 0 aliphatic carbocycles. The van der Waals surface area contributed by atoms with E-state index >= 15 is 0 Å². The third-order valence-electron chi connectivity index (χ3n) is 3.22. The Kier molecular flexibility index (Phi) is 3.15. The molecule has 1 unspecified atom stereocenters. The van der Waals surface area contributed by atoms with Gasteiger partial charge in [-0.3, -0.25) is 14.6 Å². The van der Waals surface area contributed by atoms with Crippen LogP contribution >= 0.6 is 11.3 Å². The summed E-state index contributed by atoms with van der Waals surface area (Å²) in [4.78, 5) is 29.7. The highest BCUT2D eigenvalue weighted by Gasteiger charge is 2.38. The number of primary amides is 1. The van der Waals surface area contributed by atoms with Gasteiger partial charge in [0.2, 0.25) is 5.91 Å². The number of carbonyl (C=O) groups is 2. The Morgan fingerprint density at radius 1 is 1.59 bits per heavy atom. The van der Waals surface area contributed by atoms with Gasteiger partial charge in [-0.15, -0.1) is 11.3 Å². The number of aromatic nitrogens is 1. The molecule has 1 aliphatic rings. The first-order valence-electron chi connectivity index (χ1n) is 5.50. The van der Waals surface area contributed by atoms with Gasteiger partial charge in [-0.05, 0) is 19.8 Å². The SMILES string of the molecule is CC1(C(N)=O)CCCN(C(=O)c2cncs2)C1. The molecule has 92 valence electrons. The van der Waals surface area contributed by atoms with Crippen molar-refractivity contribution >= 4 is 23.2 Å². The van der Waals surface area contributed by atoms with Crippen molar-refractivity contribution in [1.82, 2.24) is 9.88 Å². The molecule has 0 radical (unpaired) electrons. The minimum absolute atomic E-state index is 0.0559. The molecule has 5 nitrogen and oxygen atoms in total. The number of hydrogen-bond acceptors (Lipinski definition) is 4. The molecular formula is C11H15N3O2S. The van der Waals surface area contributed by atoms with Crippen LogP contribution in [0.25, 0.3) is 0 Å². The molecule has 2 N–H and O–H groups in total.